The van der Waals surface area contributed by atoms with Crippen molar-refractivity contribution in [1.29, 1.82) is 0 Å². The molecule has 2 amide bonds. The highest BCUT2D eigenvalue weighted by Gasteiger charge is 2.42. The highest BCUT2D eigenvalue weighted by Crippen LogP contribution is 2.43. The van der Waals surface area contributed by atoms with Crippen LogP contribution in [0.3, 0.4) is 0 Å². The topological polar surface area (TPSA) is 89.0 Å². The quantitative estimate of drug-likeness (QED) is 0.539. The Labute approximate surface area is 158 Å². The minimum atomic E-state index is -0.658. The number of benzene rings is 2. The molecule has 142 valence electrons. The van der Waals surface area contributed by atoms with Gasteiger partial charge in [-0.3, -0.25) is 19.5 Å². The van der Waals surface area contributed by atoms with Gasteiger partial charge in [-0.15, -0.1) is 0 Å². The molecule has 0 bridgehead atoms. The van der Waals surface area contributed by atoms with Gasteiger partial charge < -0.3 is 14.6 Å². The molecule has 3 aromatic rings. The molecule has 0 radical (unpaired) electrons. The number of fused-ring (bicyclic) bond motifs is 2. The van der Waals surface area contributed by atoms with Crippen LogP contribution in [0, 0.1) is 5.82 Å². The molecule has 1 aliphatic heterocycles. The fourth-order valence-corrected chi connectivity index (χ4v) is 3.21. The lowest BCUT2D eigenvalue weighted by atomic mass is 10.0. The number of imide groups is 1. The number of carbonyl (C=O) groups excluding carboxylic acids is 2. The van der Waals surface area contributed by atoms with Gasteiger partial charge in [0.05, 0.1) is 12.1 Å². The highest BCUT2D eigenvalue weighted by atomic mass is 19.1. The third-order valence-electron chi connectivity index (χ3n) is 4.48. The van der Waals surface area contributed by atoms with Crippen molar-refractivity contribution in [1.82, 2.24) is 9.88 Å². The maximum absolute atomic E-state index is 13.1. The van der Waals surface area contributed by atoms with Crippen molar-refractivity contribution >= 4 is 22.7 Å². The van der Waals surface area contributed by atoms with E-state index in [2.05, 4.69) is 4.98 Å². The smallest absolute Gasteiger partial charge is 0.265 e. The van der Waals surface area contributed by atoms with Gasteiger partial charge in [0.1, 0.15) is 22.6 Å². The molecule has 1 N–H and O–H groups in total. The van der Waals surface area contributed by atoms with Crippen LogP contribution in [0.25, 0.3) is 10.9 Å². The number of ether oxygens (including phenoxy) is 2. The van der Waals surface area contributed by atoms with E-state index in [1.165, 1.54) is 37.6 Å². The largest absolute Gasteiger partial charge is 0.506 e. The van der Waals surface area contributed by atoms with Crippen molar-refractivity contribution in [3.8, 4) is 11.5 Å². The molecule has 0 saturated heterocycles. The number of hydrogen-bond donors (Lipinski definition) is 1. The van der Waals surface area contributed by atoms with E-state index in [1.807, 2.05) is 0 Å². The van der Waals surface area contributed by atoms with E-state index in [4.69, 9.17) is 9.47 Å². The molecule has 4 rings (SSSR count). The Morgan fingerprint density at radius 2 is 1.82 bits per heavy atom. The van der Waals surface area contributed by atoms with Crippen molar-refractivity contribution in [2.24, 2.45) is 0 Å². The minimum Gasteiger partial charge on any atom is -0.506 e. The first-order valence-electron chi connectivity index (χ1n) is 8.39. The summed E-state index contributed by atoms with van der Waals surface area (Å²) in [6.07, 6.45) is 1.49. The van der Waals surface area contributed by atoms with E-state index >= 15 is 0 Å². The molecule has 0 unspecified atom stereocenters. The first kappa shape index (κ1) is 17.9. The fourth-order valence-electron chi connectivity index (χ4n) is 3.21. The Bertz CT molecular complexity index is 1100. The van der Waals surface area contributed by atoms with Crippen LogP contribution in [-0.2, 0) is 11.3 Å². The second-order valence-electron chi connectivity index (χ2n) is 6.20. The summed E-state index contributed by atoms with van der Waals surface area (Å²) < 4.78 is 23.6. The fraction of sp³-hybridized carbons (Fsp3) is 0.150. The van der Waals surface area contributed by atoms with Crippen molar-refractivity contribution in [2.75, 3.05) is 13.9 Å². The van der Waals surface area contributed by atoms with Gasteiger partial charge >= 0.3 is 0 Å². The van der Waals surface area contributed by atoms with Crippen molar-refractivity contribution in [2.45, 2.75) is 6.54 Å². The number of pyridine rings is 1. The first-order valence-corrected chi connectivity index (χ1v) is 8.39. The van der Waals surface area contributed by atoms with E-state index in [0.717, 1.165) is 4.90 Å². The maximum Gasteiger partial charge on any atom is 0.265 e. The van der Waals surface area contributed by atoms with Crippen LogP contribution in [0.2, 0.25) is 0 Å². The number of halogens is 1. The summed E-state index contributed by atoms with van der Waals surface area (Å²) in [5.74, 6) is -1.96. The summed E-state index contributed by atoms with van der Waals surface area (Å²) in [6, 6.07) is 8.65. The molecule has 0 spiro atoms. The monoisotopic (exact) mass is 382 g/mol. The average molecular weight is 382 g/mol. The summed E-state index contributed by atoms with van der Waals surface area (Å²) in [5.41, 5.74) is 0.615. The van der Waals surface area contributed by atoms with Crippen LogP contribution in [0.15, 0.2) is 42.6 Å². The molecule has 1 aromatic heterocycles. The second-order valence-corrected chi connectivity index (χ2v) is 6.20. The van der Waals surface area contributed by atoms with Crippen molar-refractivity contribution < 1.29 is 28.6 Å². The van der Waals surface area contributed by atoms with Gasteiger partial charge in [-0.25, -0.2) is 4.39 Å². The van der Waals surface area contributed by atoms with E-state index in [9.17, 15) is 19.1 Å². The van der Waals surface area contributed by atoms with Gasteiger partial charge in [0, 0.05) is 18.7 Å². The number of carbonyl (C=O) groups is 2. The van der Waals surface area contributed by atoms with E-state index in [1.54, 1.807) is 12.1 Å². The number of methoxy groups -OCH3 is 1. The molecule has 2 aromatic carbocycles. The number of amides is 2. The van der Waals surface area contributed by atoms with Gasteiger partial charge in [0.15, 0.2) is 12.5 Å². The van der Waals surface area contributed by atoms with Crippen LogP contribution >= 0.6 is 0 Å². The number of phenols is 1. The molecule has 0 saturated carbocycles. The first-order chi connectivity index (χ1) is 13.5. The third-order valence-corrected chi connectivity index (χ3v) is 4.48. The maximum atomic E-state index is 13.1. The SMILES string of the molecule is COCOc1c2c(c(O)c3cccnc13)C(=O)N(Cc1ccc(F)cc1)C2=O. The zero-order chi connectivity index (χ0) is 19.8. The van der Waals surface area contributed by atoms with E-state index in [0.29, 0.717) is 5.56 Å². The lowest BCUT2D eigenvalue weighted by Crippen LogP contribution is -2.29. The zero-order valence-electron chi connectivity index (χ0n) is 14.8. The molecule has 0 aliphatic carbocycles. The number of phenolic OH excluding ortho intramolecular Hbond substituents is 1. The molecule has 0 fully saturated rings. The molecule has 2 heterocycles. The van der Waals surface area contributed by atoms with Gasteiger partial charge in [0.2, 0.25) is 0 Å². The summed E-state index contributed by atoms with van der Waals surface area (Å²) in [7, 11) is 1.42. The molecule has 7 nitrogen and oxygen atoms in total. The molecular weight excluding hydrogens is 367 g/mol. The zero-order valence-corrected chi connectivity index (χ0v) is 14.8. The normalized spacial score (nSPS) is 13.3. The molecule has 28 heavy (non-hydrogen) atoms. The van der Waals surface area contributed by atoms with Gasteiger partial charge in [0.25, 0.3) is 11.8 Å². The summed E-state index contributed by atoms with van der Waals surface area (Å²) in [4.78, 5) is 31.1. The Hall–Kier alpha value is -3.52. The number of nitrogens with zero attached hydrogens (tertiary/aromatic N) is 2. The highest BCUT2D eigenvalue weighted by molar-refractivity contribution is 6.26. The number of aromatic nitrogens is 1. The Balaban J connectivity index is 1.85. The van der Waals surface area contributed by atoms with Crippen LogP contribution in [0.1, 0.15) is 26.3 Å². The number of hydrogen-bond acceptors (Lipinski definition) is 6. The van der Waals surface area contributed by atoms with Crippen molar-refractivity contribution in [3.63, 3.8) is 0 Å². The van der Waals surface area contributed by atoms with Crippen molar-refractivity contribution in [3.05, 3.63) is 65.1 Å². The lowest BCUT2D eigenvalue weighted by Gasteiger charge is -2.14. The van der Waals surface area contributed by atoms with Gasteiger partial charge in [-0.2, -0.15) is 0 Å². The predicted molar refractivity (Wildman–Crippen MR) is 96.5 cm³/mol. The Kier molecular flexibility index (Phi) is 4.40. The number of rotatable bonds is 5. The average Bonchev–Trinajstić information content (AvgIpc) is 2.95. The number of aromatic hydroxyl groups is 1. The van der Waals surface area contributed by atoms with Crippen LogP contribution in [0.5, 0.6) is 11.5 Å². The van der Waals surface area contributed by atoms with Crippen LogP contribution < -0.4 is 4.74 Å². The second kappa shape index (κ2) is 6.90. The summed E-state index contributed by atoms with van der Waals surface area (Å²) in [6.45, 7) is -0.234. The van der Waals surface area contributed by atoms with E-state index < -0.39 is 17.6 Å². The Morgan fingerprint density at radius 3 is 2.54 bits per heavy atom. The Morgan fingerprint density at radius 1 is 1.11 bits per heavy atom. The van der Waals surface area contributed by atoms with Gasteiger partial charge in [-0.1, -0.05) is 12.1 Å². The van der Waals surface area contributed by atoms with E-state index in [-0.39, 0.29) is 46.9 Å². The molecule has 0 atom stereocenters. The van der Waals surface area contributed by atoms with Crippen LogP contribution in [-0.4, -0.2) is 40.7 Å². The third kappa shape index (κ3) is 2.74. The van der Waals surface area contributed by atoms with Gasteiger partial charge in [-0.05, 0) is 29.8 Å². The standard InChI is InChI=1S/C20H15FN2O5/c1-27-10-28-18-15-14(17(24)13-3-2-8-22-16(13)18)19(25)23(20(15)26)9-11-4-6-12(21)7-5-11/h2-8,24H,9-10H2,1H3. The summed E-state index contributed by atoms with van der Waals surface area (Å²) >= 11 is 0. The van der Waals surface area contributed by atoms with Crippen LogP contribution in [0.4, 0.5) is 4.39 Å². The molecule has 1 aliphatic rings. The molecular formula is C20H15FN2O5. The minimum absolute atomic E-state index is 0.0622. The summed E-state index contributed by atoms with van der Waals surface area (Å²) in [5, 5.41) is 10.9. The molecule has 8 heteroatoms. The predicted octanol–water partition coefficient (Wildman–Crippen LogP) is 2.86. The lowest BCUT2D eigenvalue weighted by molar-refractivity contribution is 0.0505.